The number of carbonyl (C=O) groups excluding carboxylic acids is 1. The second-order valence-electron chi connectivity index (χ2n) is 8.99. The number of amides is 1. The molecule has 0 fully saturated rings. The highest BCUT2D eigenvalue weighted by atomic mass is 35.5. The third-order valence-electron chi connectivity index (χ3n) is 5.93. The van der Waals surface area contributed by atoms with Gasteiger partial charge in [-0.3, -0.25) is 14.7 Å². The van der Waals surface area contributed by atoms with Crippen LogP contribution in [0.1, 0.15) is 54.7 Å². The molecule has 1 aliphatic heterocycles. The van der Waals surface area contributed by atoms with Crippen LogP contribution in [0.5, 0.6) is 0 Å². The van der Waals surface area contributed by atoms with Gasteiger partial charge in [-0.2, -0.15) is 0 Å². The zero-order valence-electron chi connectivity index (χ0n) is 17.8. The van der Waals surface area contributed by atoms with Gasteiger partial charge >= 0.3 is 5.97 Å². The van der Waals surface area contributed by atoms with Crippen LogP contribution in [-0.2, 0) is 15.6 Å². The fraction of sp³-hybridized carbons (Fsp3) is 0.240. The molecule has 5 nitrogen and oxygen atoms in total. The maximum Gasteiger partial charge on any atom is 0.337 e. The molecule has 1 aromatic heterocycles. The lowest BCUT2D eigenvalue weighted by atomic mass is 9.76. The summed E-state index contributed by atoms with van der Waals surface area (Å²) in [6.45, 7) is 8.31. The van der Waals surface area contributed by atoms with Crippen molar-refractivity contribution < 1.29 is 14.7 Å². The lowest BCUT2D eigenvalue weighted by molar-refractivity contribution is -0.120. The number of hydrogen-bond acceptors (Lipinski definition) is 3. The Labute approximate surface area is 186 Å². The van der Waals surface area contributed by atoms with Gasteiger partial charge in [0.2, 0.25) is 5.91 Å². The molecule has 3 aromatic rings. The molecule has 158 valence electrons. The van der Waals surface area contributed by atoms with Crippen molar-refractivity contribution in [2.24, 2.45) is 0 Å². The van der Waals surface area contributed by atoms with Crippen molar-refractivity contribution in [3.8, 4) is 0 Å². The minimum absolute atomic E-state index is 0.00465. The van der Waals surface area contributed by atoms with Crippen LogP contribution in [0.3, 0.4) is 0 Å². The highest BCUT2D eigenvalue weighted by Crippen LogP contribution is 2.49. The minimum Gasteiger partial charge on any atom is -0.478 e. The van der Waals surface area contributed by atoms with E-state index in [0.717, 1.165) is 11.1 Å². The number of carbonyl (C=O) groups is 2. The summed E-state index contributed by atoms with van der Waals surface area (Å²) in [4.78, 5) is 30.9. The first kappa shape index (κ1) is 21.1. The Bertz CT molecular complexity index is 1200. The van der Waals surface area contributed by atoms with Crippen molar-refractivity contribution in [1.29, 1.82) is 0 Å². The number of halogens is 1. The first-order chi connectivity index (χ1) is 14.5. The number of fused-ring (bicyclic) bond motifs is 1. The quantitative estimate of drug-likeness (QED) is 0.572. The Hall–Kier alpha value is -3.18. The van der Waals surface area contributed by atoms with E-state index in [2.05, 4.69) is 25.8 Å². The number of rotatable bonds is 3. The molecular weight excluding hydrogens is 412 g/mol. The molecule has 4 rings (SSSR count). The van der Waals surface area contributed by atoms with Crippen molar-refractivity contribution in [1.82, 2.24) is 4.98 Å². The number of aromatic carboxylic acids is 1. The summed E-state index contributed by atoms with van der Waals surface area (Å²) < 4.78 is 0. The van der Waals surface area contributed by atoms with Gasteiger partial charge < -0.3 is 5.11 Å². The first-order valence-electron chi connectivity index (χ1n) is 9.97. The monoisotopic (exact) mass is 434 g/mol. The van der Waals surface area contributed by atoms with Crippen LogP contribution >= 0.6 is 11.6 Å². The SMILES string of the molecule is CC(C)(C)c1ccc(C2(C)C(=O)N(c3cncc(C(=O)O)c3)c3ccc(Cl)cc32)cc1. The average Bonchev–Trinajstić information content (AvgIpc) is 2.95. The largest absolute Gasteiger partial charge is 0.478 e. The fourth-order valence-electron chi connectivity index (χ4n) is 4.06. The maximum absolute atomic E-state index is 13.9. The number of carboxylic acids is 1. The number of hydrogen-bond donors (Lipinski definition) is 1. The molecule has 1 amide bonds. The van der Waals surface area contributed by atoms with E-state index in [-0.39, 0.29) is 16.9 Å². The lowest BCUT2D eigenvalue weighted by Crippen LogP contribution is -2.37. The van der Waals surface area contributed by atoms with Gasteiger partial charge in [0.15, 0.2) is 0 Å². The number of aromatic nitrogens is 1. The van der Waals surface area contributed by atoms with E-state index < -0.39 is 11.4 Å². The van der Waals surface area contributed by atoms with Gasteiger partial charge in [-0.25, -0.2) is 4.79 Å². The summed E-state index contributed by atoms with van der Waals surface area (Å²) in [5, 5.41) is 9.89. The predicted molar refractivity (Wildman–Crippen MR) is 121 cm³/mol. The first-order valence-corrected chi connectivity index (χ1v) is 10.4. The van der Waals surface area contributed by atoms with Crippen LogP contribution in [0.25, 0.3) is 0 Å². The standard InChI is InChI=1S/C25H23ClN2O3/c1-24(2,3)16-5-7-17(8-6-16)25(4)20-12-18(26)9-10-21(20)28(23(25)31)19-11-15(22(29)30)13-27-14-19/h5-14H,1-4H3,(H,29,30). The lowest BCUT2D eigenvalue weighted by Gasteiger charge is -2.26. The minimum atomic E-state index is -1.10. The molecule has 6 heteroatoms. The molecule has 1 atom stereocenters. The third-order valence-corrected chi connectivity index (χ3v) is 6.16. The molecule has 0 saturated heterocycles. The van der Waals surface area contributed by atoms with Crippen LogP contribution in [0, 0.1) is 0 Å². The van der Waals surface area contributed by atoms with Crippen molar-refractivity contribution in [3.63, 3.8) is 0 Å². The van der Waals surface area contributed by atoms with Gasteiger partial charge in [0, 0.05) is 11.2 Å². The van der Waals surface area contributed by atoms with Crippen LogP contribution in [-0.4, -0.2) is 22.0 Å². The molecule has 2 heterocycles. The number of carboxylic acid groups (broad SMARTS) is 1. The molecule has 0 saturated carbocycles. The average molecular weight is 435 g/mol. The summed E-state index contributed by atoms with van der Waals surface area (Å²) in [6, 6.07) is 14.8. The summed E-state index contributed by atoms with van der Waals surface area (Å²) in [6.07, 6.45) is 2.76. The normalized spacial score (nSPS) is 18.2. The van der Waals surface area contributed by atoms with Crippen molar-refractivity contribution in [3.05, 3.63) is 88.2 Å². The number of pyridine rings is 1. The van der Waals surface area contributed by atoms with E-state index in [9.17, 15) is 14.7 Å². The summed E-state index contributed by atoms with van der Waals surface area (Å²) >= 11 is 6.31. The molecule has 1 unspecified atom stereocenters. The highest BCUT2D eigenvalue weighted by molar-refractivity contribution is 6.31. The predicted octanol–water partition coefficient (Wildman–Crippen LogP) is 5.72. The van der Waals surface area contributed by atoms with E-state index in [0.29, 0.717) is 16.4 Å². The topological polar surface area (TPSA) is 70.5 Å². The number of nitrogens with zero attached hydrogens (tertiary/aromatic N) is 2. The third kappa shape index (κ3) is 3.39. The van der Waals surface area contributed by atoms with Gasteiger partial charge in [0.25, 0.3) is 0 Å². The van der Waals surface area contributed by atoms with Crippen molar-refractivity contribution in [2.45, 2.75) is 38.5 Å². The Kier molecular flexibility index (Phi) is 4.90. The smallest absolute Gasteiger partial charge is 0.337 e. The van der Waals surface area contributed by atoms with E-state index in [1.165, 1.54) is 28.9 Å². The molecule has 0 radical (unpaired) electrons. The second kappa shape index (κ2) is 7.20. The zero-order chi connectivity index (χ0) is 22.6. The Morgan fingerprint density at radius 3 is 2.35 bits per heavy atom. The van der Waals surface area contributed by atoms with Crippen LogP contribution < -0.4 is 4.90 Å². The fourth-order valence-corrected chi connectivity index (χ4v) is 4.23. The van der Waals surface area contributed by atoms with E-state index >= 15 is 0 Å². The molecule has 2 aromatic carbocycles. The van der Waals surface area contributed by atoms with E-state index in [1.54, 1.807) is 18.2 Å². The molecule has 0 aliphatic carbocycles. The van der Waals surface area contributed by atoms with Crippen LogP contribution in [0.4, 0.5) is 11.4 Å². The van der Waals surface area contributed by atoms with Gasteiger partial charge in [-0.1, -0.05) is 56.6 Å². The van der Waals surface area contributed by atoms with Gasteiger partial charge in [0.05, 0.1) is 28.6 Å². The van der Waals surface area contributed by atoms with Crippen LogP contribution in [0.2, 0.25) is 5.02 Å². The summed E-state index contributed by atoms with van der Waals surface area (Å²) in [7, 11) is 0. The van der Waals surface area contributed by atoms with Gasteiger partial charge in [0.1, 0.15) is 0 Å². The van der Waals surface area contributed by atoms with Crippen LogP contribution in [0.15, 0.2) is 60.9 Å². The molecule has 0 spiro atoms. The Morgan fingerprint density at radius 1 is 1.06 bits per heavy atom. The number of benzene rings is 2. The molecule has 31 heavy (non-hydrogen) atoms. The Morgan fingerprint density at radius 2 is 1.74 bits per heavy atom. The Balaban J connectivity index is 1.89. The molecular formula is C25H23ClN2O3. The van der Waals surface area contributed by atoms with Crippen molar-refractivity contribution in [2.75, 3.05) is 4.90 Å². The summed E-state index contributed by atoms with van der Waals surface area (Å²) in [5.41, 5.74) is 2.90. The highest BCUT2D eigenvalue weighted by Gasteiger charge is 2.49. The maximum atomic E-state index is 13.9. The molecule has 0 bridgehead atoms. The van der Waals surface area contributed by atoms with Gasteiger partial charge in [-0.05, 0) is 53.3 Å². The number of anilines is 2. The van der Waals surface area contributed by atoms with Gasteiger partial charge in [-0.15, -0.1) is 0 Å². The second-order valence-corrected chi connectivity index (χ2v) is 9.43. The zero-order valence-corrected chi connectivity index (χ0v) is 18.6. The van der Waals surface area contributed by atoms with E-state index in [4.69, 9.17) is 11.6 Å². The molecule has 1 aliphatic rings. The van der Waals surface area contributed by atoms with Crippen molar-refractivity contribution >= 4 is 34.9 Å². The summed E-state index contributed by atoms with van der Waals surface area (Å²) in [5.74, 6) is -1.28. The van der Waals surface area contributed by atoms with E-state index in [1.807, 2.05) is 31.2 Å². The molecule has 1 N–H and O–H groups in total.